The van der Waals surface area contributed by atoms with Gasteiger partial charge >= 0.3 is 0 Å². The van der Waals surface area contributed by atoms with Gasteiger partial charge in [0.05, 0.1) is 13.2 Å². The summed E-state index contributed by atoms with van der Waals surface area (Å²) in [5.41, 5.74) is 3.48. The van der Waals surface area contributed by atoms with Crippen LogP contribution in [0, 0.1) is 13.8 Å². The van der Waals surface area contributed by atoms with Crippen molar-refractivity contribution >= 4 is 5.91 Å². The second-order valence-electron chi connectivity index (χ2n) is 5.98. The Bertz CT molecular complexity index is 918. The Kier molecular flexibility index (Phi) is 5.31. The molecule has 0 spiro atoms. The lowest BCUT2D eigenvalue weighted by Gasteiger charge is -2.08. The number of aryl methyl sites for hydroxylation is 2. The molecular formula is C20H21N3O3. The third-order valence-corrected chi connectivity index (χ3v) is 3.88. The van der Waals surface area contributed by atoms with E-state index in [0.29, 0.717) is 23.9 Å². The average Bonchev–Trinajstić information content (AvgIpc) is 3.10. The first-order valence-electron chi connectivity index (χ1n) is 8.48. The highest BCUT2D eigenvalue weighted by Crippen LogP contribution is 2.19. The van der Waals surface area contributed by atoms with Gasteiger partial charge in [0.25, 0.3) is 5.91 Å². The number of nitrogens with zero attached hydrogens (tertiary/aromatic N) is 2. The number of aromatic nitrogens is 2. The van der Waals surface area contributed by atoms with E-state index in [1.54, 1.807) is 18.2 Å². The van der Waals surface area contributed by atoms with Crippen LogP contribution in [0.2, 0.25) is 0 Å². The van der Waals surface area contributed by atoms with Gasteiger partial charge in [-0.3, -0.25) is 4.79 Å². The molecule has 0 saturated heterocycles. The van der Waals surface area contributed by atoms with Gasteiger partial charge < -0.3 is 14.6 Å². The van der Waals surface area contributed by atoms with Gasteiger partial charge in [-0.1, -0.05) is 28.9 Å². The van der Waals surface area contributed by atoms with Crippen LogP contribution in [-0.4, -0.2) is 22.7 Å². The van der Waals surface area contributed by atoms with E-state index in [1.165, 1.54) is 0 Å². The summed E-state index contributed by atoms with van der Waals surface area (Å²) in [5, 5.41) is 6.76. The molecule has 0 atom stereocenters. The van der Waals surface area contributed by atoms with Crippen molar-refractivity contribution in [2.75, 3.05) is 6.61 Å². The summed E-state index contributed by atoms with van der Waals surface area (Å²) in [6, 6.07) is 13.2. The Morgan fingerprint density at radius 1 is 1.19 bits per heavy atom. The molecule has 6 nitrogen and oxygen atoms in total. The highest BCUT2D eigenvalue weighted by molar-refractivity contribution is 5.94. The maximum atomic E-state index is 12.3. The summed E-state index contributed by atoms with van der Waals surface area (Å²) in [7, 11) is 0. The molecule has 0 saturated carbocycles. The lowest BCUT2D eigenvalue weighted by Crippen LogP contribution is -2.23. The van der Waals surface area contributed by atoms with Crippen molar-refractivity contribution in [2.45, 2.75) is 27.3 Å². The predicted molar refractivity (Wildman–Crippen MR) is 98.0 cm³/mol. The van der Waals surface area contributed by atoms with E-state index in [-0.39, 0.29) is 12.5 Å². The van der Waals surface area contributed by atoms with Crippen LogP contribution < -0.4 is 10.1 Å². The summed E-state index contributed by atoms with van der Waals surface area (Å²) in [6.07, 6.45) is 0. The fraction of sp³-hybridized carbons (Fsp3) is 0.250. The molecule has 134 valence electrons. The Morgan fingerprint density at radius 3 is 2.77 bits per heavy atom. The Hall–Kier alpha value is -3.15. The number of rotatable bonds is 6. The number of hydrogen-bond acceptors (Lipinski definition) is 5. The fourth-order valence-corrected chi connectivity index (χ4v) is 2.59. The molecule has 1 heterocycles. The lowest BCUT2D eigenvalue weighted by atomic mass is 10.1. The topological polar surface area (TPSA) is 77.2 Å². The molecule has 0 radical (unpaired) electrons. The summed E-state index contributed by atoms with van der Waals surface area (Å²) in [5.74, 6) is 1.45. The molecule has 0 bridgehead atoms. The van der Waals surface area contributed by atoms with Crippen LogP contribution >= 0.6 is 0 Å². The van der Waals surface area contributed by atoms with Crippen LogP contribution in [0.1, 0.15) is 34.3 Å². The summed E-state index contributed by atoms with van der Waals surface area (Å²) in [4.78, 5) is 16.6. The minimum Gasteiger partial charge on any atom is -0.494 e. The highest BCUT2D eigenvalue weighted by atomic mass is 16.5. The van der Waals surface area contributed by atoms with E-state index in [1.807, 2.05) is 45.0 Å². The van der Waals surface area contributed by atoms with Gasteiger partial charge in [-0.2, -0.15) is 4.98 Å². The maximum absolute atomic E-state index is 12.3. The van der Waals surface area contributed by atoms with Crippen molar-refractivity contribution in [2.24, 2.45) is 0 Å². The lowest BCUT2D eigenvalue weighted by molar-refractivity contribution is 0.0946. The van der Waals surface area contributed by atoms with E-state index in [0.717, 1.165) is 22.4 Å². The van der Waals surface area contributed by atoms with Crippen molar-refractivity contribution < 1.29 is 14.1 Å². The molecule has 3 aromatic rings. The Morgan fingerprint density at radius 2 is 2.04 bits per heavy atom. The summed E-state index contributed by atoms with van der Waals surface area (Å²) in [6.45, 7) is 6.60. The molecule has 1 amide bonds. The van der Waals surface area contributed by atoms with Gasteiger partial charge in [-0.05, 0) is 50.6 Å². The number of benzene rings is 2. The van der Waals surface area contributed by atoms with E-state index in [2.05, 4.69) is 15.5 Å². The molecule has 1 aromatic heterocycles. The molecule has 0 fully saturated rings. The minimum absolute atomic E-state index is 0.171. The van der Waals surface area contributed by atoms with Crippen molar-refractivity contribution in [1.82, 2.24) is 15.5 Å². The highest BCUT2D eigenvalue weighted by Gasteiger charge is 2.12. The third kappa shape index (κ3) is 4.08. The Labute approximate surface area is 152 Å². The molecule has 0 aliphatic carbocycles. The largest absolute Gasteiger partial charge is 0.494 e. The molecule has 2 aromatic carbocycles. The second-order valence-corrected chi connectivity index (χ2v) is 5.98. The number of carbonyl (C=O) groups is 1. The van der Waals surface area contributed by atoms with Gasteiger partial charge in [0.15, 0.2) is 0 Å². The molecule has 0 aliphatic heterocycles. The number of amides is 1. The standard InChI is InChI=1S/C20H21N3O3/c1-4-25-17-9-8-16(11-14(17)3)20(24)21-12-18-22-19(23-26-18)15-7-5-6-13(2)10-15/h5-11H,4,12H2,1-3H3,(H,21,24). The third-order valence-electron chi connectivity index (χ3n) is 3.88. The van der Waals surface area contributed by atoms with Gasteiger partial charge in [0.2, 0.25) is 11.7 Å². The number of carbonyl (C=O) groups excluding carboxylic acids is 1. The smallest absolute Gasteiger partial charge is 0.251 e. The number of ether oxygens (including phenoxy) is 1. The first-order chi connectivity index (χ1) is 12.6. The zero-order valence-corrected chi connectivity index (χ0v) is 15.1. The van der Waals surface area contributed by atoms with E-state index >= 15 is 0 Å². The van der Waals surface area contributed by atoms with Crippen LogP contribution in [0.5, 0.6) is 5.75 Å². The predicted octanol–water partition coefficient (Wildman–Crippen LogP) is 3.68. The zero-order valence-electron chi connectivity index (χ0n) is 15.1. The molecule has 26 heavy (non-hydrogen) atoms. The first-order valence-corrected chi connectivity index (χ1v) is 8.48. The molecule has 6 heteroatoms. The quantitative estimate of drug-likeness (QED) is 0.733. The molecular weight excluding hydrogens is 330 g/mol. The fourth-order valence-electron chi connectivity index (χ4n) is 2.59. The van der Waals surface area contributed by atoms with Crippen molar-refractivity contribution in [3.05, 3.63) is 65.0 Å². The normalized spacial score (nSPS) is 10.6. The van der Waals surface area contributed by atoms with E-state index < -0.39 is 0 Å². The van der Waals surface area contributed by atoms with Crippen LogP contribution in [0.15, 0.2) is 47.0 Å². The van der Waals surface area contributed by atoms with E-state index in [9.17, 15) is 4.79 Å². The zero-order chi connectivity index (χ0) is 18.5. The number of nitrogens with one attached hydrogen (secondary N) is 1. The second kappa shape index (κ2) is 7.82. The molecule has 0 unspecified atom stereocenters. The molecule has 1 N–H and O–H groups in total. The van der Waals surface area contributed by atoms with Gasteiger partial charge in [-0.25, -0.2) is 0 Å². The van der Waals surface area contributed by atoms with E-state index in [4.69, 9.17) is 9.26 Å². The van der Waals surface area contributed by atoms with Crippen LogP contribution in [0.4, 0.5) is 0 Å². The van der Waals surface area contributed by atoms with Crippen molar-refractivity contribution in [3.8, 4) is 17.1 Å². The van der Waals surface area contributed by atoms with Gasteiger partial charge in [-0.15, -0.1) is 0 Å². The van der Waals surface area contributed by atoms with Gasteiger partial charge in [0.1, 0.15) is 5.75 Å². The summed E-state index contributed by atoms with van der Waals surface area (Å²) >= 11 is 0. The first kappa shape index (κ1) is 17.7. The maximum Gasteiger partial charge on any atom is 0.251 e. The van der Waals surface area contributed by atoms with Crippen LogP contribution in [0.3, 0.4) is 0 Å². The van der Waals surface area contributed by atoms with Crippen molar-refractivity contribution in [3.63, 3.8) is 0 Å². The van der Waals surface area contributed by atoms with Crippen LogP contribution in [0.25, 0.3) is 11.4 Å². The summed E-state index contributed by atoms with van der Waals surface area (Å²) < 4.78 is 10.7. The van der Waals surface area contributed by atoms with Crippen LogP contribution in [-0.2, 0) is 6.54 Å². The Balaban J connectivity index is 1.64. The van der Waals surface area contributed by atoms with Gasteiger partial charge in [0, 0.05) is 11.1 Å². The number of hydrogen-bond donors (Lipinski definition) is 1. The molecule has 3 rings (SSSR count). The minimum atomic E-state index is -0.202. The monoisotopic (exact) mass is 351 g/mol. The average molecular weight is 351 g/mol. The SMILES string of the molecule is CCOc1ccc(C(=O)NCc2nc(-c3cccc(C)c3)no2)cc1C. The molecule has 0 aliphatic rings. The van der Waals surface area contributed by atoms with Crippen molar-refractivity contribution in [1.29, 1.82) is 0 Å².